The molecule has 1 saturated heterocycles. The van der Waals surface area contributed by atoms with Gasteiger partial charge in [0, 0.05) is 29.4 Å². The average molecular weight is 379 g/mol. The molecule has 1 aliphatic rings. The maximum absolute atomic E-state index is 12.6. The number of sulfonamides is 1. The molecule has 1 amide bonds. The zero-order valence-corrected chi connectivity index (χ0v) is 15.2. The van der Waals surface area contributed by atoms with E-state index in [4.69, 9.17) is 11.6 Å². The lowest BCUT2D eigenvalue weighted by atomic mass is 10.2. The summed E-state index contributed by atoms with van der Waals surface area (Å²) in [6.45, 7) is 1.11. The summed E-state index contributed by atoms with van der Waals surface area (Å²) in [6, 6.07) is 12.8. The van der Waals surface area contributed by atoms with Crippen LogP contribution in [0.3, 0.4) is 0 Å². The van der Waals surface area contributed by atoms with E-state index < -0.39 is 10.0 Å². The molecule has 0 aliphatic carbocycles. The third-order valence-corrected chi connectivity index (χ3v) is 6.34. The number of hydrogen-bond acceptors (Lipinski definition) is 3. The van der Waals surface area contributed by atoms with Crippen molar-refractivity contribution in [3.05, 3.63) is 59.1 Å². The summed E-state index contributed by atoms with van der Waals surface area (Å²) in [4.78, 5) is 12.5. The predicted octanol–water partition coefficient (Wildman–Crippen LogP) is 3.77. The van der Waals surface area contributed by atoms with E-state index in [-0.39, 0.29) is 10.8 Å². The quantitative estimate of drug-likeness (QED) is 0.880. The average Bonchev–Trinajstić information content (AvgIpc) is 2.64. The summed E-state index contributed by atoms with van der Waals surface area (Å²) >= 11 is 5.82. The Morgan fingerprint density at radius 3 is 2.12 bits per heavy atom. The molecule has 0 saturated carbocycles. The van der Waals surface area contributed by atoms with Crippen molar-refractivity contribution < 1.29 is 13.2 Å². The first-order valence-corrected chi connectivity index (χ1v) is 9.96. The largest absolute Gasteiger partial charge is 0.322 e. The Morgan fingerprint density at radius 2 is 1.52 bits per heavy atom. The number of hydrogen-bond donors (Lipinski definition) is 1. The molecule has 2 aromatic rings. The van der Waals surface area contributed by atoms with Gasteiger partial charge in [0.25, 0.3) is 5.91 Å². The fourth-order valence-corrected chi connectivity index (χ4v) is 4.41. The van der Waals surface area contributed by atoms with Crippen LogP contribution in [0.2, 0.25) is 5.02 Å². The van der Waals surface area contributed by atoms with Crippen LogP contribution in [0.4, 0.5) is 5.69 Å². The molecule has 0 unspecified atom stereocenters. The van der Waals surface area contributed by atoms with Crippen molar-refractivity contribution in [3.8, 4) is 0 Å². The van der Waals surface area contributed by atoms with E-state index in [9.17, 15) is 13.2 Å². The van der Waals surface area contributed by atoms with Crippen molar-refractivity contribution in [3.63, 3.8) is 0 Å². The molecule has 2 aromatic carbocycles. The third kappa shape index (κ3) is 4.21. The summed E-state index contributed by atoms with van der Waals surface area (Å²) in [7, 11) is -3.48. The van der Waals surface area contributed by atoms with Crippen LogP contribution in [0.1, 0.15) is 29.6 Å². The maximum atomic E-state index is 12.6. The normalized spacial score (nSPS) is 15.7. The van der Waals surface area contributed by atoms with Crippen LogP contribution >= 0.6 is 11.6 Å². The van der Waals surface area contributed by atoms with E-state index in [2.05, 4.69) is 5.32 Å². The highest BCUT2D eigenvalue weighted by molar-refractivity contribution is 7.89. The minimum Gasteiger partial charge on any atom is -0.322 e. The second kappa shape index (κ2) is 7.56. The van der Waals surface area contributed by atoms with Gasteiger partial charge in [0.1, 0.15) is 0 Å². The van der Waals surface area contributed by atoms with Crippen molar-refractivity contribution in [1.82, 2.24) is 4.31 Å². The summed E-state index contributed by atoms with van der Waals surface area (Å²) < 4.78 is 26.7. The highest BCUT2D eigenvalue weighted by Gasteiger charge is 2.25. The molecule has 7 heteroatoms. The summed E-state index contributed by atoms with van der Waals surface area (Å²) in [6.07, 6.45) is 2.84. The van der Waals surface area contributed by atoms with Crippen molar-refractivity contribution >= 4 is 33.2 Å². The molecule has 0 atom stereocenters. The number of rotatable bonds is 4. The summed E-state index contributed by atoms with van der Waals surface area (Å²) in [5.41, 5.74) is 1.02. The number of anilines is 1. The number of carbonyl (C=O) groups excluding carboxylic acids is 1. The van der Waals surface area contributed by atoms with Crippen LogP contribution in [0.5, 0.6) is 0 Å². The number of benzene rings is 2. The second-order valence-corrected chi connectivity index (χ2v) is 8.32. The Hall–Kier alpha value is -1.89. The minimum atomic E-state index is -3.48. The van der Waals surface area contributed by atoms with Gasteiger partial charge in [-0.15, -0.1) is 0 Å². The van der Waals surface area contributed by atoms with Gasteiger partial charge < -0.3 is 5.32 Å². The van der Waals surface area contributed by atoms with Gasteiger partial charge in [0.2, 0.25) is 10.0 Å². The van der Waals surface area contributed by atoms with Crippen LogP contribution in [0.25, 0.3) is 0 Å². The van der Waals surface area contributed by atoms with E-state index in [1.807, 2.05) is 0 Å². The molecule has 1 aliphatic heterocycles. The zero-order valence-electron chi connectivity index (χ0n) is 13.6. The Morgan fingerprint density at radius 1 is 0.920 bits per heavy atom. The van der Waals surface area contributed by atoms with Gasteiger partial charge in [-0.25, -0.2) is 8.42 Å². The molecule has 1 heterocycles. The number of nitrogens with one attached hydrogen (secondary N) is 1. The fraction of sp³-hybridized carbons (Fsp3) is 0.278. The van der Waals surface area contributed by atoms with Gasteiger partial charge in [-0.05, 0) is 61.4 Å². The first-order valence-electron chi connectivity index (χ1n) is 8.14. The molecule has 0 aromatic heterocycles. The van der Waals surface area contributed by atoms with Gasteiger partial charge in [0.15, 0.2) is 0 Å². The molecule has 3 rings (SSSR count). The predicted molar refractivity (Wildman–Crippen MR) is 98.5 cm³/mol. The lowest BCUT2D eigenvalue weighted by molar-refractivity contribution is 0.102. The van der Waals surface area contributed by atoms with E-state index in [1.54, 1.807) is 24.3 Å². The first-order chi connectivity index (χ1) is 12.0. The molecule has 25 heavy (non-hydrogen) atoms. The molecular weight excluding hydrogens is 360 g/mol. The molecular formula is C18H19ClN2O3S. The highest BCUT2D eigenvalue weighted by Crippen LogP contribution is 2.21. The van der Waals surface area contributed by atoms with Gasteiger partial charge >= 0.3 is 0 Å². The van der Waals surface area contributed by atoms with Crippen LogP contribution in [0.15, 0.2) is 53.4 Å². The van der Waals surface area contributed by atoms with Gasteiger partial charge in [-0.2, -0.15) is 4.31 Å². The van der Waals surface area contributed by atoms with Gasteiger partial charge in [-0.3, -0.25) is 4.79 Å². The molecule has 0 radical (unpaired) electrons. The number of nitrogens with zero attached hydrogens (tertiary/aromatic N) is 1. The number of halogens is 1. The zero-order chi connectivity index (χ0) is 17.9. The Labute approximate surface area is 152 Å². The third-order valence-electron chi connectivity index (χ3n) is 4.17. The molecule has 5 nitrogen and oxygen atoms in total. The van der Waals surface area contributed by atoms with Crippen molar-refractivity contribution in [2.75, 3.05) is 18.4 Å². The maximum Gasteiger partial charge on any atom is 0.255 e. The second-order valence-electron chi connectivity index (χ2n) is 5.95. The molecule has 0 spiro atoms. The number of carbonyl (C=O) groups is 1. The van der Waals surface area contributed by atoms with Crippen LogP contribution in [-0.2, 0) is 10.0 Å². The monoisotopic (exact) mass is 378 g/mol. The van der Waals surface area contributed by atoms with Gasteiger partial charge in [-0.1, -0.05) is 18.0 Å². The Kier molecular flexibility index (Phi) is 5.42. The molecule has 1 fully saturated rings. The van der Waals surface area contributed by atoms with Crippen LogP contribution in [-0.4, -0.2) is 31.7 Å². The smallest absolute Gasteiger partial charge is 0.255 e. The van der Waals surface area contributed by atoms with E-state index >= 15 is 0 Å². The molecule has 132 valence electrons. The van der Waals surface area contributed by atoms with Crippen LogP contribution < -0.4 is 5.32 Å². The highest BCUT2D eigenvalue weighted by atomic mass is 35.5. The van der Waals surface area contributed by atoms with Crippen LogP contribution in [0, 0.1) is 0 Å². The topological polar surface area (TPSA) is 66.5 Å². The van der Waals surface area contributed by atoms with E-state index in [1.165, 1.54) is 28.6 Å². The lowest BCUT2D eigenvalue weighted by Gasteiger charge is -2.25. The first kappa shape index (κ1) is 17.9. The molecule has 0 bridgehead atoms. The number of amides is 1. The molecule has 1 N–H and O–H groups in total. The SMILES string of the molecule is O=C(Nc1ccc(Cl)cc1)c1ccc(S(=O)(=O)N2CCCCC2)cc1. The summed E-state index contributed by atoms with van der Waals surface area (Å²) in [5.74, 6) is -0.302. The van der Waals surface area contributed by atoms with Gasteiger partial charge in [0.05, 0.1) is 4.90 Å². The Balaban J connectivity index is 1.73. The fourth-order valence-electron chi connectivity index (χ4n) is 2.77. The minimum absolute atomic E-state index is 0.220. The summed E-state index contributed by atoms with van der Waals surface area (Å²) in [5, 5.41) is 3.34. The number of piperidine rings is 1. The van der Waals surface area contributed by atoms with Crippen molar-refractivity contribution in [2.24, 2.45) is 0 Å². The van der Waals surface area contributed by atoms with Crippen molar-refractivity contribution in [2.45, 2.75) is 24.2 Å². The standard InChI is InChI=1S/C18H19ClN2O3S/c19-15-6-8-16(9-7-15)20-18(22)14-4-10-17(11-5-14)25(23,24)21-12-2-1-3-13-21/h4-11H,1-3,12-13H2,(H,20,22). The lowest BCUT2D eigenvalue weighted by Crippen LogP contribution is -2.35. The Bertz CT molecular complexity index is 843. The van der Waals surface area contributed by atoms with E-state index in [0.29, 0.717) is 29.4 Å². The van der Waals surface area contributed by atoms with Crippen molar-refractivity contribution in [1.29, 1.82) is 0 Å². The van der Waals surface area contributed by atoms with E-state index in [0.717, 1.165) is 19.3 Å².